The Kier molecular flexibility index (Phi) is 5.53. The van der Waals surface area contributed by atoms with Gasteiger partial charge in [-0.1, -0.05) is 36.4 Å². The van der Waals surface area contributed by atoms with Gasteiger partial charge in [0.05, 0.1) is 19.1 Å². The molecule has 2 heterocycles. The van der Waals surface area contributed by atoms with Crippen molar-refractivity contribution < 1.29 is 29.0 Å². The Hall–Kier alpha value is -3.59. The number of aliphatic hydroxyl groups is 1. The molecule has 2 aliphatic rings. The van der Waals surface area contributed by atoms with Crippen molar-refractivity contribution in [2.45, 2.75) is 25.1 Å². The Labute approximate surface area is 172 Å². The third kappa shape index (κ3) is 4.20. The Morgan fingerprint density at radius 1 is 1.17 bits per heavy atom. The van der Waals surface area contributed by atoms with Crippen molar-refractivity contribution in [3.63, 3.8) is 0 Å². The van der Waals surface area contributed by atoms with Crippen LogP contribution in [0.1, 0.15) is 23.7 Å². The van der Waals surface area contributed by atoms with Crippen molar-refractivity contribution in [2.24, 2.45) is 0 Å². The first kappa shape index (κ1) is 19.7. The quantitative estimate of drug-likeness (QED) is 0.587. The van der Waals surface area contributed by atoms with E-state index in [2.05, 4.69) is 10.6 Å². The summed E-state index contributed by atoms with van der Waals surface area (Å²) in [7, 11) is 0. The number of hydrogen-bond acceptors (Lipinski definition) is 6. The van der Waals surface area contributed by atoms with Crippen LogP contribution in [0, 0.1) is 0 Å². The summed E-state index contributed by atoms with van der Waals surface area (Å²) in [6, 6.07) is 12.6. The highest BCUT2D eigenvalue weighted by Crippen LogP contribution is 2.33. The minimum absolute atomic E-state index is 0.0125. The molecule has 156 valence electrons. The number of carbonyl (C=O) groups excluding carboxylic acids is 3. The number of hydrogen-bond donors (Lipinski definition) is 3. The maximum Gasteiger partial charge on any atom is 0.325 e. The van der Waals surface area contributed by atoms with E-state index in [4.69, 9.17) is 9.47 Å². The van der Waals surface area contributed by atoms with Crippen LogP contribution >= 0.6 is 0 Å². The molecule has 0 aliphatic carbocycles. The maximum atomic E-state index is 12.6. The van der Waals surface area contributed by atoms with Crippen LogP contribution in [-0.2, 0) is 16.1 Å². The molecule has 1 unspecified atom stereocenters. The number of urea groups is 1. The number of ether oxygens (including phenoxy) is 2. The fourth-order valence-corrected chi connectivity index (χ4v) is 3.35. The number of nitrogens with zero attached hydrogens (tertiary/aromatic N) is 1. The molecular weight excluding hydrogens is 390 g/mol. The van der Waals surface area contributed by atoms with Gasteiger partial charge in [0.1, 0.15) is 6.04 Å². The van der Waals surface area contributed by atoms with Gasteiger partial charge in [-0.25, -0.2) is 4.79 Å². The van der Waals surface area contributed by atoms with Crippen molar-refractivity contribution >= 4 is 17.8 Å². The van der Waals surface area contributed by atoms with Crippen LogP contribution in [0.25, 0.3) is 0 Å². The predicted octanol–water partition coefficient (Wildman–Crippen LogP) is 1.08. The number of aliphatic hydroxyl groups excluding tert-OH is 1. The van der Waals surface area contributed by atoms with Crippen LogP contribution in [-0.4, -0.2) is 47.2 Å². The summed E-state index contributed by atoms with van der Waals surface area (Å²) < 4.78 is 10.6. The summed E-state index contributed by atoms with van der Waals surface area (Å²) in [6.45, 7) is 0.211. The van der Waals surface area contributed by atoms with Crippen LogP contribution in [0.5, 0.6) is 11.5 Å². The van der Waals surface area contributed by atoms with Crippen molar-refractivity contribution in [3.8, 4) is 11.5 Å². The smallest absolute Gasteiger partial charge is 0.325 e. The number of imide groups is 1. The number of nitrogens with one attached hydrogen (secondary N) is 2. The number of benzene rings is 2. The van der Waals surface area contributed by atoms with E-state index in [1.54, 1.807) is 42.5 Å². The van der Waals surface area contributed by atoms with Crippen molar-refractivity contribution in [1.82, 2.24) is 15.5 Å². The van der Waals surface area contributed by atoms with Gasteiger partial charge in [0, 0.05) is 6.54 Å². The standard InChI is InChI=1S/C21H21N3O6/c25-16(14-4-2-1-3-5-14)10-22-19(26)9-15-20(27)24(21(28)23-15)11-13-6-7-17-18(8-13)30-12-29-17/h1-8,15-16,25H,9-12H2,(H,22,26)(H,23,28)/t15-,16?/m0/s1. The number of rotatable bonds is 7. The highest BCUT2D eigenvalue weighted by molar-refractivity contribution is 6.05. The maximum absolute atomic E-state index is 12.6. The average molecular weight is 411 g/mol. The summed E-state index contributed by atoms with van der Waals surface area (Å²) in [4.78, 5) is 38.1. The summed E-state index contributed by atoms with van der Waals surface area (Å²) in [5.74, 6) is 0.264. The topological polar surface area (TPSA) is 117 Å². The van der Waals surface area contributed by atoms with Gasteiger partial charge in [-0.3, -0.25) is 14.5 Å². The predicted molar refractivity (Wildman–Crippen MR) is 104 cm³/mol. The molecule has 2 aromatic carbocycles. The zero-order valence-corrected chi connectivity index (χ0v) is 16.0. The first-order chi connectivity index (χ1) is 14.5. The van der Waals surface area contributed by atoms with Crippen LogP contribution in [0.3, 0.4) is 0 Å². The van der Waals surface area contributed by atoms with Gasteiger partial charge in [0.15, 0.2) is 11.5 Å². The fraction of sp³-hybridized carbons (Fsp3) is 0.286. The van der Waals surface area contributed by atoms with E-state index in [1.165, 1.54) is 0 Å². The molecule has 1 fully saturated rings. The lowest BCUT2D eigenvalue weighted by Crippen LogP contribution is -2.37. The molecule has 4 amide bonds. The van der Waals surface area contributed by atoms with Gasteiger partial charge in [-0.2, -0.15) is 0 Å². The van der Waals surface area contributed by atoms with E-state index >= 15 is 0 Å². The van der Waals surface area contributed by atoms with E-state index in [0.29, 0.717) is 22.6 Å². The summed E-state index contributed by atoms with van der Waals surface area (Å²) in [6.07, 6.45) is -1.06. The molecule has 0 spiro atoms. The molecule has 1 saturated heterocycles. The first-order valence-corrected chi connectivity index (χ1v) is 9.51. The van der Waals surface area contributed by atoms with Gasteiger partial charge in [-0.15, -0.1) is 0 Å². The molecule has 9 heteroatoms. The molecule has 2 aliphatic heterocycles. The van der Waals surface area contributed by atoms with E-state index in [0.717, 1.165) is 4.90 Å². The Morgan fingerprint density at radius 2 is 1.93 bits per heavy atom. The lowest BCUT2D eigenvalue weighted by Gasteiger charge is -2.14. The molecule has 4 rings (SSSR count). The zero-order valence-electron chi connectivity index (χ0n) is 16.0. The van der Waals surface area contributed by atoms with Crippen molar-refractivity contribution in [1.29, 1.82) is 0 Å². The summed E-state index contributed by atoms with van der Waals surface area (Å²) in [5, 5.41) is 15.2. The average Bonchev–Trinajstić information content (AvgIpc) is 3.32. The second kappa shape index (κ2) is 8.42. The molecule has 0 bridgehead atoms. The van der Waals surface area contributed by atoms with Crippen molar-refractivity contribution in [2.75, 3.05) is 13.3 Å². The minimum Gasteiger partial charge on any atom is -0.454 e. The second-order valence-corrected chi connectivity index (χ2v) is 7.05. The molecule has 0 radical (unpaired) electrons. The molecule has 9 nitrogen and oxygen atoms in total. The molecular formula is C21H21N3O6. The number of fused-ring (bicyclic) bond motifs is 1. The van der Waals surface area contributed by atoms with Gasteiger partial charge < -0.3 is 25.2 Å². The minimum atomic E-state index is -0.944. The van der Waals surface area contributed by atoms with Gasteiger partial charge >= 0.3 is 6.03 Å². The highest BCUT2D eigenvalue weighted by Gasteiger charge is 2.39. The Morgan fingerprint density at radius 3 is 2.73 bits per heavy atom. The molecule has 0 aromatic heterocycles. The SMILES string of the molecule is O=C(C[C@@H]1NC(=O)N(Cc2ccc3c(c2)OCO3)C1=O)NCC(O)c1ccccc1. The molecule has 2 atom stereocenters. The Bertz CT molecular complexity index is 964. The third-order valence-electron chi connectivity index (χ3n) is 4.95. The Balaban J connectivity index is 1.30. The monoisotopic (exact) mass is 411 g/mol. The van der Waals surface area contributed by atoms with E-state index in [-0.39, 0.29) is 26.3 Å². The number of carbonyl (C=O) groups is 3. The second-order valence-electron chi connectivity index (χ2n) is 7.05. The van der Waals surface area contributed by atoms with Crippen LogP contribution in [0.15, 0.2) is 48.5 Å². The third-order valence-corrected chi connectivity index (χ3v) is 4.95. The highest BCUT2D eigenvalue weighted by atomic mass is 16.7. The van der Waals surface area contributed by atoms with Gasteiger partial charge in [-0.05, 0) is 23.3 Å². The zero-order chi connectivity index (χ0) is 21.1. The van der Waals surface area contributed by atoms with Crippen molar-refractivity contribution in [3.05, 3.63) is 59.7 Å². The molecule has 3 N–H and O–H groups in total. The van der Waals surface area contributed by atoms with Gasteiger partial charge in [0.25, 0.3) is 5.91 Å². The van der Waals surface area contributed by atoms with E-state index < -0.39 is 30.0 Å². The molecule has 2 aromatic rings. The number of amides is 4. The largest absolute Gasteiger partial charge is 0.454 e. The van der Waals surface area contributed by atoms with Crippen LogP contribution in [0.2, 0.25) is 0 Å². The fourth-order valence-electron chi connectivity index (χ4n) is 3.35. The lowest BCUT2D eigenvalue weighted by atomic mass is 10.1. The van der Waals surface area contributed by atoms with Crippen LogP contribution in [0.4, 0.5) is 4.79 Å². The van der Waals surface area contributed by atoms with E-state index in [9.17, 15) is 19.5 Å². The van der Waals surface area contributed by atoms with Crippen LogP contribution < -0.4 is 20.1 Å². The summed E-state index contributed by atoms with van der Waals surface area (Å²) >= 11 is 0. The first-order valence-electron chi connectivity index (χ1n) is 9.51. The normalized spacial score (nSPS) is 18.3. The molecule has 30 heavy (non-hydrogen) atoms. The molecule has 0 saturated carbocycles. The summed E-state index contributed by atoms with van der Waals surface area (Å²) in [5.41, 5.74) is 1.39. The van der Waals surface area contributed by atoms with E-state index in [1.807, 2.05) is 6.07 Å². The lowest BCUT2D eigenvalue weighted by molar-refractivity contribution is -0.131. The van der Waals surface area contributed by atoms with Gasteiger partial charge in [0.2, 0.25) is 12.7 Å².